The summed E-state index contributed by atoms with van der Waals surface area (Å²) in [5.74, 6) is 0.328. The van der Waals surface area contributed by atoms with E-state index in [2.05, 4.69) is 4.90 Å². The van der Waals surface area contributed by atoms with Gasteiger partial charge in [0.2, 0.25) is 10.0 Å². The fourth-order valence-corrected chi connectivity index (χ4v) is 4.03. The molecule has 0 aromatic heterocycles. The van der Waals surface area contributed by atoms with E-state index in [1.165, 1.54) is 22.5 Å². The molecule has 1 aromatic rings. The minimum Gasteiger partial charge on any atom is -0.399 e. The topological polar surface area (TPSA) is 90.4 Å². The fraction of sp³-hybridized carbons (Fsp3) is 0.500. The lowest BCUT2D eigenvalue weighted by atomic mass is 10.1. The van der Waals surface area contributed by atoms with Gasteiger partial charge in [0.25, 0.3) is 0 Å². The van der Waals surface area contributed by atoms with E-state index in [0.717, 1.165) is 19.5 Å². The Hall–Kier alpha value is -1.62. The molecular formula is C14H20N4O2S. The molecule has 0 amide bonds. The van der Waals surface area contributed by atoms with Crippen LogP contribution in [0, 0.1) is 17.2 Å². The van der Waals surface area contributed by atoms with Gasteiger partial charge in [0.05, 0.1) is 5.56 Å². The Morgan fingerprint density at radius 2 is 2.24 bits per heavy atom. The van der Waals surface area contributed by atoms with Crippen molar-refractivity contribution < 1.29 is 8.42 Å². The average molecular weight is 308 g/mol. The highest BCUT2D eigenvalue weighted by Gasteiger charge is 2.28. The van der Waals surface area contributed by atoms with Gasteiger partial charge in [0.1, 0.15) is 11.0 Å². The average Bonchev–Trinajstić information content (AvgIpc) is 2.83. The number of hydrogen-bond donors (Lipinski definition) is 1. The van der Waals surface area contributed by atoms with Crippen LogP contribution in [0.25, 0.3) is 0 Å². The number of likely N-dealkylation sites (tertiary alicyclic amines) is 1. The van der Waals surface area contributed by atoms with Crippen LogP contribution in [0.4, 0.5) is 5.69 Å². The van der Waals surface area contributed by atoms with Gasteiger partial charge in [-0.15, -0.1) is 0 Å². The first-order valence-electron chi connectivity index (χ1n) is 6.79. The zero-order valence-electron chi connectivity index (χ0n) is 12.3. The molecule has 0 aliphatic carbocycles. The quantitative estimate of drug-likeness (QED) is 0.827. The summed E-state index contributed by atoms with van der Waals surface area (Å²) in [5.41, 5.74) is 6.07. The Morgan fingerprint density at radius 1 is 1.52 bits per heavy atom. The third-order valence-electron chi connectivity index (χ3n) is 3.82. The van der Waals surface area contributed by atoms with Crippen molar-refractivity contribution in [3.8, 4) is 6.07 Å². The van der Waals surface area contributed by atoms with Crippen molar-refractivity contribution in [2.75, 3.05) is 39.5 Å². The normalized spacial score (nSPS) is 19.8. The third-order valence-corrected chi connectivity index (χ3v) is 5.70. The molecule has 114 valence electrons. The van der Waals surface area contributed by atoms with Gasteiger partial charge >= 0.3 is 0 Å². The van der Waals surface area contributed by atoms with E-state index >= 15 is 0 Å². The van der Waals surface area contributed by atoms with Gasteiger partial charge in [0, 0.05) is 25.8 Å². The number of sulfonamides is 1. The second-order valence-corrected chi connectivity index (χ2v) is 7.58. The van der Waals surface area contributed by atoms with Crippen LogP contribution < -0.4 is 5.73 Å². The number of nitrogen functional groups attached to an aromatic ring is 1. The Bertz CT molecular complexity index is 666. The van der Waals surface area contributed by atoms with Gasteiger partial charge in [-0.3, -0.25) is 0 Å². The van der Waals surface area contributed by atoms with Gasteiger partial charge in [0.15, 0.2) is 0 Å². The number of benzene rings is 1. The van der Waals surface area contributed by atoms with Gasteiger partial charge in [-0.25, -0.2) is 12.7 Å². The molecule has 0 saturated carbocycles. The highest BCUT2D eigenvalue weighted by molar-refractivity contribution is 7.89. The van der Waals surface area contributed by atoms with Gasteiger partial charge in [-0.1, -0.05) is 0 Å². The number of anilines is 1. The Kier molecular flexibility index (Phi) is 4.52. The van der Waals surface area contributed by atoms with E-state index in [4.69, 9.17) is 11.0 Å². The molecule has 7 heteroatoms. The van der Waals surface area contributed by atoms with E-state index in [1.54, 1.807) is 7.05 Å². The van der Waals surface area contributed by atoms with E-state index in [1.807, 2.05) is 13.1 Å². The summed E-state index contributed by atoms with van der Waals surface area (Å²) in [7, 11) is -0.0760. The molecule has 1 aliphatic heterocycles. The largest absolute Gasteiger partial charge is 0.399 e. The molecule has 1 atom stereocenters. The zero-order valence-corrected chi connectivity index (χ0v) is 13.1. The second-order valence-electron chi connectivity index (χ2n) is 5.57. The van der Waals surface area contributed by atoms with Crippen molar-refractivity contribution in [2.45, 2.75) is 11.3 Å². The first-order valence-corrected chi connectivity index (χ1v) is 8.23. The maximum atomic E-state index is 12.6. The summed E-state index contributed by atoms with van der Waals surface area (Å²) in [6.07, 6.45) is 0.989. The standard InChI is InChI=1S/C14H20N4O2S/c1-17-6-5-11(9-17)10-18(2)21(19,20)14-4-3-13(16)7-12(14)8-15/h3-4,7,11H,5-6,9-10,16H2,1-2H3. The molecule has 0 bridgehead atoms. The SMILES string of the molecule is CN1CCC(CN(C)S(=O)(=O)c2ccc(N)cc2C#N)C1. The number of rotatable bonds is 4. The van der Waals surface area contributed by atoms with Crippen LogP contribution >= 0.6 is 0 Å². The molecule has 1 heterocycles. The molecular weight excluding hydrogens is 288 g/mol. The van der Waals surface area contributed by atoms with Crippen molar-refractivity contribution in [1.82, 2.24) is 9.21 Å². The van der Waals surface area contributed by atoms with Crippen molar-refractivity contribution in [1.29, 1.82) is 5.26 Å². The maximum Gasteiger partial charge on any atom is 0.244 e. The summed E-state index contributed by atoms with van der Waals surface area (Å²) in [5, 5.41) is 9.11. The van der Waals surface area contributed by atoms with Crippen LogP contribution in [-0.4, -0.2) is 51.4 Å². The molecule has 1 aliphatic rings. The Balaban J connectivity index is 2.23. The number of nitrogens with zero attached hydrogens (tertiary/aromatic N) is 3. The predicted octanol–water partition coefficient (Wildman–Crippen LogP) is 0.713. The lowest BCUT2D eigenvalue weighted by molar-refractivity contribution is 0.356. The first-order chi connectivity index (χ1) is 9.84. The highest BCUT2D eigenvalue weighted by Crippen LogP contribution is 2.23. The van der Waals surface area contributed by atoms with E-state index in [9.17, 15) is 8.42 Å². The van der Waals surface area contributed by atoms with Crippen LogP contribution in [-0.2, 0) is 10.0 Å². The van der Waals surface area contributed by atoms with Crippen molar-refractivity contribution in [3.05, 3.63) is 23.8 Å². The first kappa shape index (κ1) is 15.8. The zero-order chi connectivity index (χ0) is 15.6. The minimum absolute atomic E-state index is 0.0213. The van der Waals surface area contributed by atoms with E-state index in [-0.39, 0.29) is 10.5 Å². The number of nitrogens with two attached hydrogens (primary N) is 1. The molecule has 2 rings (SSSR count). The van der Waals surface area contributed by atoms with Crippen LogP contribution in [0.2, 0.25) is 0 Å². The molecule has 1 fully saturated rings. The molecule has 0 spiro atoms. The van der Waals surface area contributed by atoms with Crippen molar-refractivity contribution in [3.63, 3.8) is 0 Å². The summed E-state index contributed by atoms with van der Waals surface area (Å²) in [4.78, 5) is 2.21. The molecule has 0 radical (unpaired) electrons. The highest BCUT2D eigenvalue weighted by atomic mass is 32.2. The van der Waals surface area contributed by atoms with Crippen LogP contribution in [0.5, 0.6) is 0 Å². The van der Waals surface area contributed by atoms with Crippen molar-refractivity contribution in [2.24, 2.45) is 5.92 Å². The molecule has 1 unspecified atom stereocenters. The molecule has 1 saturated heterocycles. The Morgan fingerprint density at radius 3 is 2.81 bits per heavy atom. The second kappa shape index (κ2) is 6.02. The summed E-state index contributed by atoms with van der Waals surface area (Å²) >= 11 is 0. The van der Waals surface area contributed by atoms with Crippen molar-refractivity contribution >= 4 is 15.7 Å². The summed E-state index contributed by atoms with van der Waals surface area (Å²) < 4.78 is 26.6. The van der Waals surface area contributed by atoms with Crippen LogP contribution in [0.1, 0.15) is 12.0 Å². The van der Waals surface area contributed by atoms with E-state index in [0.29, 0.717) is 18.2 Å². The molecule has 21 heavy (non-hydrogen) atoms. The smallest absolute Gasteiger partial charge is 0.244 e. The van der Waals surface area contributed by atoms with Gasteiger partial charge in [-0.05, 0) is 44.1 Å². The fourth-order valence-electron chi connectivity index (χ4n) is 2.66. The monoisotopic (exact) mass is 308 g/mol. The molecule has 6 nitrogen and oxygen atoms in total. The van der Waals surface area contributed by atoms with Crippen LogP contribution in [0.15, 0.2) is 23.1 Å². The van der Waals surface area contributed by atoms with Crippen LogP contribution in [0.3, 0.4) is 0 Å². The minimum atomic E-state index is -3.67. The van der Waals surface area contributed by atoms with Gasteiger partial charge < -0.3 is 10.6 Å². The number of nitriles is 1. The van der Waals surface area contributed by atoms with Gasteiger partial charge in [-0.2, -0.15) is 5.26 Å². The molecule has 2 N–H and O–H groups in total. The third kappa shape index (κ3) is 3.35. The lowest BCUT2D eigenvalue weighted by Crippen LogP contribution is -2.33. The summed E-state index contributed by atoms with van der Waals surface area (Å²) in [6, 6.07) is 6.21. The number of hydrogen-bond acceptors (Lipinski definition) is 5. The Labute approximate surface area is 125 Å². The summed E-state index contributed by atoms with van der Waals surface area (Å²) in [6.45, 7) is 2.35. The molecule has 1 aromatic carbocycles. The maximum absolute atomic E-state index is 12.6. The predicted molar refractivity (Wildman–Crippen MR) is 81.0 cm³/mol. The lowest BCUT2D eigenvalue weighted by Gasteiger charge is -2.21. The van der Waals surface area contributed by atoms with E-state index < -0.39 is 10.0 Å².